The second-order valence-corrected chi connectivity index (χ2v) is 4.95. The van der Waals surface area contributed by atoms with Crippen molar-refractivity contribution in [1.29, 1.82) is 0 Å². The van der Waals surface area contributed by atoms with Gasteiger partial charge in [-0.3, -0.25) is 0 Å². The number of carbonyl (C=O) groups is 2. The van der Waals surface area contributed by atoms with Crippen molar-refractivity contribution in [2.75, 3.05) is 19.8 Å². The largest absolute Gasteiger partial charge is 0.480 e. The quantitative estimate of drug-likeness (QED) is 0.524. The monoisotopic (exact) mass is 272 g/mol. The summed E-state index contributed by atoms with van der Waals surface area (Å²) in [6.45, 7) is 3.83. The molecular formula is C13H24N2O4. The number of carbonyl (C=O) groups excluding carboxylic acids is 1. The van der Waals surface area contributed by atoms with Crippen LogP contribution in [-0.4, -0.2) is 42.9 Å². The number of carboxylic acids is 1. The lowest BCUT2D eigenvalue weighted by Crippen LogP contribution is -2.46. The fourth-order valence-electron chi connectivity index (χ4n) is 1.67. The highest BCUT2D eigenvalue weighted by atomic mass is 16.5. The Morgan fingerprint density at radius 2 is 2.16 bits per heavy atom. The number of rotatable bonds is 10. The highest BCUT2D eigenvalue weighted by molar-refractivity contribution is 5.82. The lowest BCUT2D eigenvalue weighted by molar-refractivity contribution is -0.139. The van der Waals surface area contributed by atoms with E-state index in [9.17, 15) is 9.59 Å². The molecule has 0 aromatic heterocycles. The average molecular weight is 272 g/mol. The van der Waals surface area contributed by atoms with E-state index >= 15 is 0 Å². The number of urea groups is 1. The summed E-state index contributed by atoms with van der Waals surface area (Å²) in [7, 11) is 0. The normalized spacial score (nSPS) is 15.8. The van der Waals surface area contributed by atoms with Gasteiger partial charge < -0.3 is 20.5 Å². The van der Waals surface area contributed by atoms with Gasteiger partial charge in [-0.2, -0.15) is 0 Å². The Morgan fingerprint density at radius 1 is 1.42 bits per heavy atom. The molecule has 0 aromatic carbocycles. The van der Waals surface area contributed by atoms with E-state index in [0.717, 1.165) is 18.9 Å². The van der Waals surface area contributed by atoms with Gasteiger partial charge in [0.1, 0.15) is 6.04 Å². The van der Waals surface area contributed by atoms with Gasteiger partial charge >= 0.3 is 12.0 Å². The van der Waals surface area contributed by atoms with Gasteiger partial charge in [-0.05, 0) is 31.6 Å². The number of nitrogens with one attached hydrogen (secondary N) is 2. The number of amides is 2. The number of hydrogen-bond donors (Lipinski definition) is 3. The minimum absolute atomic E-state index is 0.428. The van der Waals surface area contributed by atoms with Crippen LogP contribution in [0.3, 0.4) is 0 Å². The molecule has 6 nitrogen and oxygen atoms in total. The van der Waals surface area contributed by atoms with Crippen LogP contribution in [0, 0.1) is 5.92 Å². The summed E-state index contributed by atoms with van der Waals surface area (Å²) < 4.78 is 5.43. The molecule has 0 spiro atoms. The smallest absolute Gasteiger partial charge is 0.326 e. The summed E-state index contributed by atoms with van der Waals surface area (Å²) in [6, 6.07) is -1.24. The molecule has 1 aliphatic carbocycles. The molecule has 0 radical (unpaired) electrons. The zero-order valence-electron chi connectivity index (χ0n) is 11.5. The highest BCUT2D eigenvalue weighted by Crippen LogP contribution is 2.28. The van der Waals surface area contributed by atoms with Crippen molar-refractivity contribution in [1.82, 2.24) is 10.6 Å². The van der Waals surface area contributed by atoms with Crippen molar-refractivity contribution in [2.24, 2.45) is 5.92 Å². The molecule has 0 saturated heterocycles. The topological polar surface area (TPSA) is 87.7 Å². The van der Waals surface area contributed by atoms with Gasteiger partial charge in [0, 0.05) is 19.8 Å². The van der Waals surface area contributed by atoms with Crippen LogP contribution in [0.1, 0.15) is 39.0 Å². The first-order valence-corrected chi connectivity index (χ1v) is 6.98. The lowest BCUT2D eigenvalue weighted by atomic mass is 10.2. The van der Waals surface area contributed by atoms with Crippen molar-refractivity contribution in [3.63, 3.8) is 0 Å². The molecule has 2 amide bonds. The second kappa shape index (κ2) is 8.74. The van der Waals surface area contributed by atoms with E-state index in [1.807, 2.05) is 6.92 Å². The van der Waals surface area contributed by atoms with Gasteiger partial charge in [-0.15, -0.1) is 0 Å². The van der Waals surface area contributed by atoms with Gasteiger partial charge in [0.05, 0.1) is 0 Å². The van der Waals surface area contributed by atoms with Crippen LogP contribution in [0.5, 0.6) is 0 Å². The van der Waals surface area contributed by atoms with E-state index in [2.05, 4.69) is 10.6 Å². The molecule has 1 saturated carbocycles. The third-order valence-electron chi connectivity index (χ3n) is 2.98. The first kappa shape index (κ1) is 15.8. The van der Waals surface area contributed by atoms with E-state index in [-0.39, 0.29) is 0 Å². The van der Waals surface area contributed by atoms with Crippen LogP contribution in [0.15, 0.2) is 0 Å². The van der Waals surface area contributed by atoms with Crippen LogP contribution in [0.4, 0.5) is 4.79 Å². The highest BCUT2D eigenvalue weighted by Gasteiger charge is 2.21. The van der Waals surface area contributed by atoms with Gasteiger partial charge in [-0.25, -0.2) is 9.59 Å². The van der Waals surface area contributed by atoms with Crippen LogP contribution < -0.4 is 10.6 Å². The summed E-state index contributed by atoms with van der Waals surface area (Å²) in [5.74, 6) is -0.244. The molecule has 1 aliphatic rings. The fraction of sp³-hybridized carbons (Fsp3) is 0.846. The zero-order chi connectivity index (χ0) is 14.1. The Balaban J connectivity index is 2.00. The lowest BCUT2D eigenvalue weighted by Gasteiger charge is -2.14. The predicted molar refractivity (Wildman–Crippen MR) is 71.0 cm³/mol. The van der Waals surface area contributed by atoms with Crippen molar-refractivity contribution < 1.29 is 19.4 Å². The average Bonchev–Trinajstić information content (AvgIpc) is 3.17. The summed E-state index contributed by atoms with van der Waals surface area (Å²) in [6.07, 6.45) is 4.44. The Hall–Kier alpha value is -1.30. The molecule has 0 aromatic rings. The van der Waals surface area contributed by atoms with Gasteiger partial charge in [0.15, 0.2) is 0 Å². The summed E-state index contributed by atoms with van der Waals surface area (Å²) in [5.41, 5.74) is 0. The Morgan fingerprint density at radius 3 is 2.74 bits per heavy atom. The van der Waals surface area contributed by atoms with Crippen molar-refractivity contribution in [3.05, 3.63) is 0 Å². The number of carboxylic acid groups (broad SMARTS) is 1. The molecule has 0 heterocycles. The third kappa shape index (κ3) is 7.66. The van der Waals surface area contributed by atoms with E-state index in [1.54, 1.807) is 0 Å². The molecule has 1 fully saturated rings. The fourth-order valence-corrected chi connectivity index (χ4v) is 1.67. The van der Waals surface area contributed by atoms with Gasteiger partial charge in [-0.1, -0.05) is 13.3 Å². The standard InChI is InChI=1S/C13H24N2O4/c1-2-4-11(12(16)17)15-13(18)14-7-3-8-19-9-10-5-6-10/h10-11H,2-9H2,1H3,(H,16,17)(H2,14,15,18)/t11-/m1/s1. The van der Waals surface area contributed by atoms with Crippen molar-refractivity contribution in [2.45, 2.75) is 45.1 Å². The van der Waals surface area contributed by atoms with E-state index < -0.39 is 18.0 Å². The number of aliphatic carboxylic acids is 1. The molecule has 1 atom stereocenters. The maximum absolute atomic E-state index is 11.5. The van der Waals surface area contributed by atoms with Crippen LogP contribution in [0.25, 0.3) is 0 Å². The first-order valence-electron chi connectivity index (χ1n) is 6.98. The zero-order valence-corrected chi connectivity index (χ0v) is 11.5. The minimum Gasteiger partial charge on any atom is -0.480 e. The molecule has 3 N–H and O–H groups in total. The van der Waals surface area contributed by atoms with E-state index in [1.165, 1.54) is 12.8 Å². The Labute approximate surface area is 113 Å². The summed E-state index contributed by atoms with van der Waals surface area (Å²) in [5, 5.41) is 14.0. The van der Waals surface area contributed by atoms with Crippen molar-refractivity contribution in [3.8, 4) is 0 Å². The van der Waals surface area contributed by atoms with E-state index in [0.29, 0.717) is 26.0 Å². The molecule has 0 unspecified atom stereocenters. The Bertz CT molecular complexity index is 292. The van der Waals surface area contributed by atoms with Crippen LogP contribution >= 0.6 is 0 Å². The molecule has 0 bridgehead atoms. The maximum Gasteiger partial charge on any atom is 0.326 e. The minimum atomic E-state index is -0.996. The first-order chi connectivity index (χ1) is 9.13. The number of ether oxygens (including phenoxy) is 1. The molecule has 110 valence electrons. The summed E-state index contributed by atoms with van der Waals surface area (Å²) >= 11 is 0. The van der Waals surface area contributed by atoms with Crippen LogP contribution in [0.2, 0.25) is 0 Å². The molecule has 0 aliphatic heterocycles. The van der Waals surface area contributed by atoms with Crippen LogP contribution in [-0.2, 0) is 9.53 Å². The molecule has 19 heavy (non-hydrogen) atoms. The second-order valence-electron chi connectivity index (χ2n) is 4.95. The molecule has 6 heteroatoms. The SMILES string of the molecule is CCC[C@@H](NC(=O)NCCCOCC1CC1)C(=O)O. The number of hydrogen-bond acceptors (Lipinski definition) is 3. The van der Waals surface area contributed by atoms with Crippen molar-refractivity contribution >= 4 is 12.0 Å². The predicted octanol–water partition coefficient (Wildman–Crippen LogP) is 1.36. The maximum atomic E-state index is 11.5. The van der Waals surface area contributed by atoms with Gasteiger partial charge in [0.25, 0.3) is 0 Å². The Kier molecular flexibility index (Phi) is 7.25. The van der Waals surface area contributed by atoms with E-state index in [4.69, 9.17) is 9.84 Å². The molecular weight excluding hydrogens is 248 g/mol. The molecule has 1 rings (SSSR count). The summed E-state index contributed by atoms with van der Waals surface area (Å²) in [4.78, 5) is 22.3. The van der Waals surface area contributed by atoms with Gasteiger partial charge in [0.2, 0.25) is 0 Å². The third-order valence-corrected chi connectivity index (χ3v) is 2.98.